The molecule has 1 unspecified atom stereocenters. The van der Waals surface area contributed by atoms with Crippen LogP contribution in [0.2, 0.25) is 0 Å². The second-order valence-electron chi connectivity index (χ2n) is 4.78. The number of benzene rings is 1. The molecule has 1 heterocycles. The molecule has 110 valence electrons. The van der Waals surface area contributed by atoms with E-state index >= 15 is 0 Å². The van der Waals surface area contributed by atoms with E-state index in [1.807, 2.05) is 44.2 Å². The zero-order valence-electron chi connectivity index (χ0n) is 12.2. The maximum atomic E-state index is 9.24. The van der Waals surface area contributed by atoms with Crippen LogP contribution in [0.15, 0.2) is 35.5 Å². The summed E-state index contributed by atoms with van der Waals surface area (Å²) in [6, 6.07) is 12.1. The minimum Gasteiger partial charge on any atom is -0.300 e. The molecule has 0 aliphatic carbocycles. The van der Waals surface area contributed by atoms with E-state index in [2.05, 4.69) is 26.9 Å². The average molecular weight is 302 g/mol. The SMILES string of the molecule is CCNC(C)(C#N)CCSc1nnnn1-c1ccccc1. The second-order valence-corrected chi connectivity index (χ2v) is 5.84. The predicted octanol–water partition coefficient (Wildman–Crippen LogP) is 2.04. The Morgan fingerprint density at radius 3 is 2.81 bits per heavy atom. The fourth-order valence-electron chi connectivity index (χ4n) is 1.92. The third-order valence-electron chi connectivity index (χ3n) is 3.09. The van der Waals surface area contributed by atoms with Crippen molar-refractivity contribution in [2.45, 2.75) is 31.0 Å². The summed E-state index contributed by atoms with van der Waals surface area (Å²) in [5.41, 5.74) is 0.423. The molecule has 2 aromatic rings. The van der Waals surface area contributed by atoms with E-state index in [-0.39, 0.29) is 0 Å². The molecule has 7 heteroatoms. The molecule has 2 rings (SSSR count). The first-order valence-electron chi connectivity index (χ1n) is 6.81. The third kappa shape index (κ3) is 4.03. The number of rotatable bonds is 7. The van der Waals surface area contributed by atoms with Gasteiger partial charge in [-0.2, -0.15) is 9.94 Å². The van der Waals surface area contributed by atoms with Crippen LogP contribution >= 0.6 is 11.8 Å². The topological polar surface area (TPSA) is 79.4 Å². The molecule has 1 N–H and O–H groups in total. The van der Waals surface area contributed by atoms with Crippen molar-refractivity contribution in [1.82, 2.24) is 25.5 Å². The van der Waals surface area contributed by atoms with Crippen molar-refractivity contribution in [1.29, 1.82) is 5.26 Å². The van der Waals surface area contributed by atoms with Crippen LogP contribution in [0.1, 0.15) is 20.3 Å². The molecule has 0 bridgehead atoms. The Morgan fingerprint density at radius 1 is 1.38 bits per heavy atom. The van der Waals surface area contributed by atoms with Crippen LogP contribution in [0.5, 0.6) is 0 Å². The Balaban J connectivity index is 2.00. The molecule has 0 saturated carbocycles. The molecule has 0 amide bonds. The van der Waals surface area contributed by atoms with Crippen molar-refractivity contribution >= 4 is 11.8 Å². The van der Waals surface area contributed by atoms with E-state index in [4.69, 9.17) is 0 Å². The molecular formula is C14H18N6S. The highest BCUT2D eigenvalue weighted by molar-refractivity contribution is 7.99. The van der Waals surface area contributed by atoms with Gasteiger partial charge in [-0.15, -0.1) is 5.10 Å². The van der Waals surface area contributed by atoms with Gasteiger partial charge in [-0.3, -0.25) is 5.32 Å². The molecule has 0 aliphatic rings. The van der Waals surface area contributed by atoms with Crippen LogP contribution in [0.25, 0.3) is 5.69 Å². The summed E-state index contributed by atoms with van der Waals surface area (Å²) in [5, 5.41) is 25.0. The van der Waals surface area contributed by atoms with E-state index in [1.54, 1.807) is 16.4 Å². The molecule has 21 heavy (non-hydrogen) atoms. The van der Waals surface area contributed by atoms with Crippen molar-refractivity contribution in [3.8, 4) is 11.8 Å². The number of para-hydroxylation sites is 1. The number of nitrogens with zero attached hydrogens (tertiary/aromatic N) is 5. The number of hydrogen-bond donors (Lipinski definition) is 1. The van der Waals surface area contributed by atoms with Crippen molar-refractivity contribution in [3.05, 3.63) is 30.3 Å². The Bertz CT molecular complexity index is 605. The lowest BCUT2D eigenvalue weighted by Gasteiger charge is -2.21. The summed E-state index contributed by atoms with van der Waals surface area (Å²) in [4.78, 5) is 0. The van der Waals surface area contributed by atoms with Crippen molar-refractivity contribution in [3.63, 3.8) is 0 Å². The molecule has 1 aromatic heterocycles. The summed E-state index contributed by atoms with van der Waals surface area (Å²) >= 11 is 1.55. The minimum atomic E-state index is -0.507. The van der Waals surface area contributed by atoms with E-state index in [1.165, 1.54) is 0 Å². The highest BCUT2D eigenvalue weighted by atomic mass is 32.2. The summed E-state index contributed by atoms with van der Waals surface area (Å²) in [6.45, 7) is 4.69. The summed E-state index contributed by atoms with van der Waals surface area (Å²) in [5.74, 6) is 0.768. The molecule has 6 nitrogen and oxygen atoms in total. The first kappa shape index (κ1) is 15.5. The first-order valence-corrected chi connectivity index (χ1v) is 7.80. The monoisotopic (exact) mass is 302 g/mol. The van der Waals surface area contributed by atoms with Gasteiger partial charge in [0, 0.05) is 5.75 Å². The van der Waals surface area contributed by atoms with Gasteiger partial charge in [0.15, 0.2) is 0 Å². The number of nitriles is 1. The highest BCUT2D eigenvalue weighted by Gasteiger charge is 2.22. The van der Waals surface area contributed by atoms with Crippen molar-refractivity contribution in [2.75, 3.05) is 12.3 Å². The fourth-order valence-corrected chi connectivity index (χ4v) is 2.97. The van der Waals surface area contributed by atoms with Gasteiger partial charge in [0.25, 0.3) is 0 Å². The number of tetrazole rings is 1. The maximum Gasteiger partial charge on any atom is 0.214 e. The molecule has 0 fully saturated rings. The highest BCUT2D eigenvalue weighted by Crippen LogP contribution is 2.21. The minimum absolute atomic E-state index is 0.507. The van der Waals surface area contributed by atoms with E-state index in [0.717, 1.165) is 29.6 Å². The fraction of sp³-hybridized carbons (Fsp3) is 0.429. The van der Waals surface area contributed by atoms with Crippen LogP contribution in [0, 0.1) is 11.3 Å². The Kier molecular flexibility index (Phi) is 5.31. The zero-order chi connectivity index (χ0) is 15.1. The molecule has 0 aliphatic heterocycles. The lowest BCUT2D eigenvalue weighted by atomic mass is 10.0. The average Bonchev–Trinajstić information content (AvgIpc) is 2.97. The number of hydrogen-bond acceptors (Lipinski definition) is 6. The van der Waals surface area contributed by atoms with Gasteiger partial charge in [0.1, 0.15) is 5.54 Å². The summed E-state index contributed by atoms with van der Waals surface area (Å²) in [7, 11) is 0. The van der Waals surface area contributed by atoms with E-state index in [9.17, 15) is 5.26 Å². The number of nitrogens with one attached hydrogen (secondary N) is 1. The van der Waals surface area contributed by atoms with Crippen molar-refractivity contribution < 1.29 is 0 Å². The van der Waals surface area contributed by atoms with Gasteiger partial charge in [-0.25, -0.2) is 0 Å². The summed E-state index contributed by atoms with van der Waals surface area (Å²) in [6.07, 6.45) is 0.726. The lowest BCUT2D eigenvalue weighted by molar-refractivity contribution is 0.450. The van der Waals surface area contributed by atoms with Crippen molar-refractivity contribution in [2.24, 2.45) is 0 Å². The van der Waals surface area contributed by atoms with Gasteiger partial charge in [-0.1, -0.05) is 36.9 Å². The van der Waals surface area contributed by atoms with Crippen LogP contribution in [0.3, 0.4) is 0 Å². The van der Waals surface area contributed by atoms with Crippen LogP contribution in [0.4, 0.5) is 0 Å². The molecule has 0 saturated heterocycles. The van der Waals surface area contributed by atoms with Gasteiger partial charge in [-0.05, 0) is 42.4 Å². The van der Waals surface area contributed by atoms with E-state index in [0.29, 0.717) is 0 Å². The standard InChI is InChI=1S/C14H18N6S/c1-3-16-14(2,11-15)9-10-21-13-17-18-19-20(13)12-7-5-4-6-8-12/h4-8,16H,3,9-10H2,1-2H3. The Morgan fingerprint density at radius 2 is 2.14 bits per heavy atom. The van der Waals surface area contributed by atoms with Crippen LogP contribution < -0.4 is 5.32 Å². The molecular weight excluding hydrogens is 284 g/mol. The third-order valence-corrected chi connectivity index (χ3v) is 4.01. The lowest BCUT2D eigenvalue weighted by Crippen LogP contribution is -2.41. The molecule has 1 atom stereocenters. The molecule has 0 spiro atoms. The zero-order valence-corrected chi connectivity index (χ0v) is 13.0. The van der Waals surface area contributed by atoms with Gasteiger partial charge in [0.2, 0.25) is 5.16 Å². The van der Waals surface area contributed by atoms with Gasteiger partial charge >= 0.3 is 0 Å². The predicted molar refractivity (Wildman–Crippen MR) is 82.2 cm³/mol. The number of aromatic nitrogens is 4. The second kappa shape index (κ2) is 7.20. The Labute approximate surface area is 128 Å². The molecule has 1 aromatic carbocycles. The normalized spacial score (nSPS) is 13.6. The molecule has 0 radical (unpaired) electrons. The first-order chi connectivity index (χ1) is 10.2. The van der Waals surface area contributed by atoms with Gasteiger partial charge in [0.05, 0.1) is 11.8 Å². The maximum absolute atomic E-state index is 9.24. The number of thioether (sulfide) groups is 1. The quantitative estimate of drug-likeness (QED) is 0.788. The van der Waals surface area contributed by atoms with Crippen LogP contribution in [-0.2, 0) is 0 Å². The summed E-state index contributed by atoms with van der Waals surface area (Å²) < 4.78 is 1.71. The Hall–Kier alpha value is -1.91. The smallest absolute Gasteiger partial charge is 0.214 e. The van der Waals surface area contributed by atoms with Gasteiger partial charge < -0.3 is 0 Å². The largest absolute Gasteiger partial charge is 0.300 e. The van der Waals surface area contributed by atoms with Crippen LogP contribution in [-0.4, -0.2) is 38.0 Å². The van der Waals surface area contributed by atoms with E-state index < -0.39 is 5.54 Å².